The predicted octanol–water partition coefficient (Wildman–Crippen LogP) is 3.12. The van der Waals surface area contributed by atoms with Crippen LogP contribution in [0, 0.1) is 0 Å². The summed E-state index contributed by atoms with van der Waals surface area (Å²) in [6.45, 7) is 3.43. The van der Waals surface area contributed by atoms with Crippen molar-refractivity contribution in [3.63, 3.8) is 0 Å². The molecule has 0 bridgehead atoms. The van der Waals surface area contributed by atoms with Crippen molar-refractivity contribution in [3.05, 3.63) is 63.6 Å². The highest BCUT2D eigenvalue weighted by molar-refractivity contribution is 6.33. The summed E-state index contributed by atoms with van der Waals surface area (Å²) >= 11 is 12.0. The van der Waals surface area contributed by atoms with E-state index < -0.39 is 5.56 Å². The molecule has 0 amide bonds. The Bertz CT molecular complexity index is 725. The Balaban J connectivity index is 2.47. The number of aromatic nitrogens is 2. The number of benzene rings is 1. The molecule has 0 unspecified atom stereocenters. The van der Waals surface area contributed by atoms with E-state index in [0.717, 1.165) is 4.68 Å². The normalized spacial score (nSPS) is 10.7. The van der Waals surface area contributed by atoms with Crippen LogP contribution in [0.2, 0.25) is 10.0 Å². The average Bonchev–Trinajstić information content (AvgIpc) is 2.45. The van der Waals surface area contributed by atoms with Crippen molar-refractivity contribution in [3.8, 4) is 5.69 Å². The maximum absolute atomic E-state index is 12.2. The lowest BCUT2D eigenvalue weighted by Crippen LogP contribution is -2.22. The fourth-order valence-electron chi connectivity index (χ4n) is 1.49. The summed E-state index contributed by atoms with van der Waals surface area (Å²) in [5, 5.41) is 7.18. The van der Waals surface area contributed by atoms with Gasteiger partial charge in [0.1, 0.15) is 5.02 Å². The number of rotatable bonds is 4. The third-order valence-electron chi connectivity index (χ3n) is 2.40. The number of hydrogen-bond acceptors (Lipinski definition) is 3. The molecule has 20 heavy (non-hydrogen) atoms. The Hall–Kier alpha value is -2.11. The first-order valence-corrected chi connectivity index (χ1v) is 6.32. The largest absolute Gasteiger partial charge is 0.344 e. The van der Waals surface area contributed by atoms with Crippen molar-refractivity contribution in [2.45, 2.75) is 0 Å². The minimum Gasteiger partial charge on any atom is -0.344 e. The van der Waals surface area contributed by atoms with Gasteiger partial charge in [-0.05, 0) is 12.1 Å². The lowest BCUT2D eigenvalue weighted by Gasteiger charge is -2.08. The highest BCUT2D eigenvalue weighted by Gasteiger charge is 2.11. The summed E-state index contributed by atoms with van der Waals surface area (Å²) in [5.41, 5.74) is 0.342. The standard InChI is InChI=1S/C13H10Cl2N4O/c1-2-16-8-17-10-7-18-19(13(20)12(10)15)11-6-4-3-5-9(11)14/h2-8H,1H2,(H,16,17). The van der Waals surface area contributed by atoms with Crippen molar-refractivity contribution in [1.82, 2.24) is 9.78 Å². The van der Waals surface area contributed by atoms with E-state index in [2.05, 4.69) is 22.0 Å². The molecule has 2 rings (SSSR count). The Morgan fingerprint density at radius 1 is 1.35 bits per heavy atom. The van der Waals surface area contributed by atoms with E-state index in [1.807, 2.05) is 0 Å². The van der Waals surface area contributed by atoms with Gasteiger partial charge in [-0.1, -0.05) is 41.9 Å². The molecule has 1 aromatic carbocycles. The smallest absolute Gasteiger partial charge is 0.292 e. The second kappa shape index (κ2) is 6.36. The first-order valence-electron chi connectivity index (χ1n) is 5.57. The van der Waals surface area contributed by atoms with E-state index in [-0.39, 0.29) is 5.02 Å². The molecule has 0 aliphatic heterocycles. The number of halogens is 2. The summed E-state index contributed by atoms with van der Waals surface area (Å²) in [5.74, 6) is 0. The van der Waals surface area contributed by atoms with Gasteiger partial charge in [-0.15, -0.1) is 0 Å². The number of aliphatic imine (C=N–C) groups is 1. The topological polar surface area (TPSA) is 59.3 Å². The van der Waals surface area contributed by atoms with Gasteiger partial charge in [-0.3, -0.25) is 4.79 Å². The second-order valence-corrected chi connectivity index (χ2v) is 4.43. The second-order valence-electron chi connectivity index (χ2n) is 3.65. The number of para-hydroxylation sites is 1. The zero-order valence-electron chi connectivity index (χ0n) is 10.3. The molecule has 0 radical (unpaired) electrons. The summed E-state index contributed by atoms with van der Waals surface area (Å²) in [4.78, 5) is 15.9. The maximum Gasteiger partial charge on any atom is 0.292 e. The minimum absolute atomic E-state index is 0.00423. The minimum atomic E-state index is -0.475. The van der Waals surface area contributed by atoms with Crippen LogP contribution >= 0.6 is 23.2 Å². The number of anilines is 1. The van der Waals surface area contributed by atoms with Gasteiger partial charge in [0.05, 0.1) is 28.9 Å². The summed E-state index contributed by atoms with van der Waals surface area (Å²) in [7, 11) is 0. The van der Waals surface area contributed by atoms with Gasteiger partial charge in [-0.25, -0.2) is 4.99 Å². The van der Waals surface area contributed by atoms with Gasteiger partial charge in [0.25, 0.3) is 5.56 Å². The van der Waals surface area contributed by atoms with E-state index in [0.29, 0.717) is 16.4 Å². The molecule has 2 aromatic rings. The predicted molar refractivity (Wildman–Crippen MR) is 82.2 cm³/mol. The molecule has 5 nitrogen and oxygen atoms in total. The Kier molecular flexibility index (Phi) is 4.55. The van der Waals surface area contributed by atoms with E-state index in [1.165, 1.54) is 18.7 Å². The van der Waals surface area contributed by atoms with E-state index >= 15 is 0 Å². The van der Waals surface area contributed by atoms with Gasteiger partial charge in [0.2, 0.25) is 0 Å². The number of nitrogens with one attached hydrogen (secondary N) is 1. The van der Waals surface area contributed by atoms with Crippen molar-refractivity contribution < 1.29 is 0 Å². The average molecular weight is 309 g/mol. The zero-order valence-corrected chi connectivity index (χ0v) is 11.8. The molecular weight excluding hydrogens is 299 g/mol. The molecule has 102 valence electrons. The summed E-state index contributed by atoms with van der Waals surface area (Å²) in [6, 6.07) is 6.87. The molecule has 1 aromatic heterocycles. The quantitative estimate of drug-likeness (QED) is 0.697. The van der Waals surface area contributed by atoms with Gasteiger partial charge < -0.3 is 5.32 Å². The molecule has 0 saturated carbocycles. The van der Waals surface area contributed by atoms with Crippen molar-refractivity contribution in [1.29, 1.82) is 0 Å². The molecule has 0 aliphatic rings. The first kappa shape index (κ1) is 14.3. The van der Waals surface area contributed by atoms with Crippen LogP contribution in [0.3, 0.4) is 0 Å². The summed E-state index contributed by atoms with van der Waals surface area (Å²) < 4.78 is 1.14. The first-order chi connectivity index (χ1) is 9.65. The van der Waals surface area contributed by atoms with Crippen LogP contribution in [-0.2, 0) is 0 Å². The van der Waals surface area contributed by atoms with Crippen LogP contribution in [0.25, 0.3) is 5.69 Å². The van der Waals surface area contributed by atoms with Crippen LogP contribution < -0.4 is 10.9 Å². The molecule has 1 N–H and O–H groups in total. The van der Waals surface area contributed by atoms with E-state index in [4.69, 9.17) is 23.2 Å². The van der Waals surface area contributed by atoms with E-state index in [1.54, 1.807) is 24.3 Å². The van der Waals surface area contributed by atoms with Crippen LogP contribution in [0.4, 0.5) is 5.69 Å². The van der Waals surface area contributed by atoms with Gasteiger partial charge >= 0.3 is 0 Å². The molecular formula is C13H10Cl2N4O. The van der Waals surface area contributed by atoms with Crippen LogP contribution in [0.15, 0.2) is 53.0 Å². The lowest BCUT2D eigenvalue weighted by molar-refractivity contribution is 0.809. The molecule has 1 heterocycles. The highest BCUT2D eigenvalue weighted by atomic mass is 35.5. The van der Waals surface area contributed by atoms with Crippen molar-refractivity contribution in [2.75, 3.05) is 5.32 Å². The number of nitrogens with zero attached hydrogens (tertiary/aromatic N) is 3. The maximum atomic E-state index is 12.2. The molecule has 0 spiro atoms. The fraction of sp³-hybridized carbons (Fsp3) is 0. The van der Waals surface area contributed by atoms with Crippen LogP contribution in [0.1, 0.15) is 0 Å². The highest BCUT2D eigenvalue weighted by Crippen LogP contribution is 2.20. The van der Waals surface area contributed by atoms with Crippen molar-refractivity contribution >= 4 is 35.2 Å². The van der Waals surface area contributed by atoms with Gasteiger partial charge in [0.15, 0.2) is 0 Å². The molecule has 0 aliphatic carbocycles. The Morgan fingerprint density at radius 2 is 2.10 bits per heavy atom. The third-order valence-corrected chi connectivity index (χ3v) is 3.08. The van der Waals surface area contributed by atoms with Gasteiger partial charge in [0, 0.05) is 6.20 Å². The molecule has 0 fully saturated rings. The molecule has 0 atom stereocenters. The van der Waals surface area contributed by atoms with Crippen LogP contribution in [0.5, 0.6) is 0 Å². The number of hydrogen-bond donors (Lipinski definition) is 1. The van der Waals surface area contributed by atoms with Crippen LogP contribution in [-0.4, -0.2) is 16.1 Å². The van der Waals surface area contributed by atoms with Crippen molar-refractivity contribution in [2.24, 2.45) is 4.99 Å². The molecule has 0 saturated heterocycles. The fourth-order valence-corrected chi connectivity index (χ4v) is 1.89. The SMILES string of the molecule is C=C/N=C\Nc1cnn(-c2ccccc2Cl)c(=O)c1Cl. The third kappa shape index (κ3) is 2.89. The van der Waals surface area contributed by atoms with Gasteiger partial charge in [-0.2, -0.15) is 9.78 Å². The zero-order chi connectivity index (χ0) is 14.5. The Morgan fingerprint density at radius 3 is 2.80 bits per heavy atom. The lowest BCUT2D eigenvalue weighted by atomic mass is 10.3. The Labute approximate surface area is 125 Å². The summed E-state index contributed by atoms with van der Waals surface area (Å²) in [6.07, 6.45) is 4.12. The van der Waals surface area contributed by atoms with E-state index in [9.17, 15) is 4.79 Å². The monoisotopic (exact) mass is 308 g/mol. The molecule has 7 heteroatoms.